The van der Waals surface area contributed by atoms with Crippen molar-refractivity contribution in [3.05, 3.63) is 60.8 Å². The number of carbonyl (C=O) groups is 1. The van der Waals surface area contributed by atoms with E-state index in [1.165, 1.54) is 154 Å². The molecule has 0 aliphatic rings. The molecule has 398 valence electrons. The van der Waals surface area contributed by atoms with Crippen LogP contribution in [0, 0.1) is 0 Å². The van der Waals surface area contributed by atoms with E-state index >= 15 is 0 Å². The summed E-state index contributed by atoms with van der Waals surface area (Å²) in [4.78, 5) is 23.3. The van der Waals surface area contributed by atoms with Crippen molar-refractivity contribution in [1.29, 1.82) is 0 Å². The molecule has 9 heteroatoms. The van der Waals surface area contributed by atoms with Gasteiger partial charge in [-0.15, -0.1) is 0 Å². The van der Waals surface area contributed by atoms with Crippen molar-refractivity contribution in [2.75, 3.05) is 40.9 Å². The van der Waals surface area contributed by atoms with Crippen LogP contribution in [0.2, 0.25) is 0 Å². The second-order valence-electron chi connectivity index (χ2n) is 20.6. The number of unbranched alkanes of at least 4 members (excludes halogenated alkanes) is 29. The van der Waals surface area contributed by atoms with Gasteiger partial charge in [0.25, 0.3) is 0 Å². The van der Waals surface area contributed by atoms with E-state index in [0.717, 1.165) is 77.0 Å². The number of hydrogen-bond acceptors (Lipinski definition) is 5. The molecule has 0 aromatic carbocycles. The summed E-state index contributed by atoms with van der Waals surface area (Å²) in [6.45, 7) is 4.79. The fourth-order valence-electron chi connectivity index (χ4n) is 8.31. The van der Waals surface area contributed by atoms with Gasteiger partial charge < -0.3 is 19.8 Å². The number of rotatable bonds is 52. The van der Waals surface area contributed by atoms with Gasteiger partial charge in [0, 0.05) is 6.42 Å². The summed E-state index contributed by atoms with van der Waals surface area (Å²) < 4.78 is 23.8. The Morgan fingerprint density at radius 2 is 0.882 bits per heavy atom. The first kappa shape index (κ1) is 66.2. The molecule has 0 saturated carbocycles. The largest absolute Gasteiger partial charge is 0.472 e. The minimum Gasteiger partial charge on any atom is -0.391 e. The molecule has 0 spiro atoms. The van der Waals surface area contributed by atoms with Crippen molar-refractivity contribution >= 4 is 13.7 Å². The number of nitrogens with one attached hydrogen (secondary N) is 1. The van der Waals surface area contributed by atoms with E-state index in [1.807, 2.05) is 21.1 Å². The van der Waals surface area contributed by atoms with Crippen LogP contribution in [0.1, 0.15) is 258 Å². The van der Waals surface area contributed by atoms with Crippen LogP contribution in [-0.4, -0.2) is 73.4 Å². The molecule has 1 amide bonds. The molecule has 68 heavy (non-hydrogen) atoms. The molecule has 8 nitrogen and oxygen atoms in total. The highest BCUT2D eigenvalue weighted by atomic mass is 31.2. The molecule has 3 unspecified atom stereocenters. The molecule has 0 aromatic heterocycles. The summed E-state index contributed by atoms with van der Waals surface area (Å²) in [5.41, 5.74) is 0. The number of phosphoric acid groups is 1. The van der Waals surface area contributed by atoms with Gasteiger partial charge in [0.05, 0.1) is 39.9 Å². The van der Waals surface area contributed by atoms with Gasteiger partial charge in [-0.2, -0.15) is 0 Å². The first-order chi connectivity index (χ1) is 33.0. The predicted octanol–water partition coefficient (Wildman–Crippen LogP) is 17.3. The Morgan fingerprint density at radius 3 is 1.29 bits per heavy atom. The van der Waals surface area contributed by atoms with Gasteiger partial charge in [0.1, 0.15) is 13.2 Å². The molecule has 0 aliphatic heterocycles. The maximum absolute atomic E-state index is 13.0. The normalized spacial score (nSPS) is 14.4. The van der Waals surface area contributed by atoms with Gasteiger partial charge in [0.15, 0.2) is 0 Å². The van der Waals surface area contributed by atoms with Crippen molar-refractivity contribution in [3.8, 4) is 0 Å². The minimum atomic E-state index is -4.33. The van der Waals surface area contributed by atoms with Gasteiger partial charge in [0.2, 0.25) is 5.91 Å². The molecular weight excluding hydrogens is 864 g/mol. The number of allylic oxidation sites excluding steroid dienone is 10. The predicted molar refractivity (Wildman–Crippen MR) is 295 cm³/mol. The molecule has 0 heterocycles. The van der Waals surface area contributed by atoms with Crippen LogP contribution in [0.5, 0.6) is 0 Å². The van der Waals surface area contributed by atoms with Crippen LogP contribution in [0.25, 0.3) is 0 Å². The average molecular weight is 977 g/mol. The van der Waals surface area contributed by atoms with Crippen LogP contribution in [0.4, 0.5) is 0 Å². The Hall–Kier alpha value is -1.80. The maximum atomic E-state index is 13.0. The summed E-state index contributed by atoms with van der Waals surface area (Å²) in [5.74, 6) is -0.155. The summed E-state index contributed by atoms with van der Waals surface area (Å²) in [6, 6.07) is -0.771. The lowest BCUT2D eigenvalue weighted by Crippen LogP contribution is -2.46. The van der Waals surface area contributed by atoms with Crippen LogP contribution < -0.4 is 5.32 Å². The number of carbonyl (C=O) groups excluding carboxylic acids is 1. The Balaban J connectivity index is 4.22. The third-order valence-corrected chi connectivity index (χ3v) is 13.8. The molecule has 0 saturated heterocycles. The van der Waals surface area contributed by atoms with Gasteiger partial charge in [-0.05, 0) is 57.8 Å². The Kier molecular flexibility index (Phi) is 48.8. The number of amides is 1. The van der Waals surface area contributed by atoms with Crippen molar-refractivity contribution in [3.63, 3.8) is 0 Å². The first-order valence-electron chi connectivity index (χ1n) is 28.7. The number of aliphatic hydroxyl groups is 1. The third kappa shape index (κ3) is 52.0. The molecule has 0 rings (SSSR count). The highest BCUT2D eigenvalue weighted by Crippen LogP contribution is 2.43. The number of aliphatic hydroxyl groups excluding tert-OH is 1. The van der Waals surface area contributed by atoms with Crippen molar-refractivity contribution < 1.29 is 32.9 Å². The zero-order chi connectivity index (χ0) is 49.9. The molecular formula is C59H112N2O6P+. The van der Waals surface area contributed by atoms with E-state index in [2.05, 4.69) is 79.9 Å². The van der Waals surface area contributed by atoms with E-state index in [-0.39, 0.29) is 19.1 Å². The lowest BCUT2D eigenvalue weighted by molar-refractivity contribution is -0.870. The van der Waals surface area contributed by atoms with Crippen molar-refractivity contribution in [2.45, 2.75) is 270 Å². The number of likely N-dealkylation sites (N-methyl/N-ethyl adjacent to an activating group) is 1. The van der Waals surface area contributed by atoms with E-state index in [4.69, 9.17) is 9.05 Å². The van der Waals surface area contributed by atoms with Crippen molar-refractivity contribution in [2.24, 2.45) is 0 Å². The fraction of sp³-hybridized carbons (Fsp3) is 0.814. The lowest BCUT2D eigenvalue weighted by Gasteiger charge is -2.26. The second kappa shape index (κ2) is 50.2. The Bertz CT molecular complexity index is 1290. The zero-order valence-corrected chi connectivity index (χ0v) is 46.2. The van der Waals surface area contributed by atoms with Crippen LogP contribution in [0.3, 0.4) is 0 Å². The summed E-state index contributed by atoms with van der Waals surface area (Å²) >= 11 is 0. The molecule has 0 aliphatic carbocycles. The number of quaternary nitrogens is 1. The molecule has 3 N–H and O–H groups in total. The monoisotopic (exact) mass is 976 g/mol. The lowest BCUT2D eigenvalue weighted by atomic mass is 10.0. The quantitative estimate of drug-likeness (QED) is 0.0243. The van der Waals surface area contributed by atoms with E-state index in [0.29, 0.717) is 23.9 Å². The van der Waals surface area contributed by atoms with E-state index < -0.39 is 20.0 Å². The second-order valence-corrected chi connectivity index (χ2v) is 22.1. The number of phosphoric ester groups is 1. The fourth-order valence-corrected chi connectivity index (χ4v) is 9.05. The SMILES string of the molecule is CC/C=C\C/C=C\C/C=C\C/C=C\C/C=C\CCCCCCCCCC(=O)NC(COP(=O)(O)OCC[N+](C)(C)C)C(O)CCCCCCCCCCCCCCCCCCCCCCCCC. The number of nitrogens with zero attached hydrogens (tertiary/aromatic N) is 1. The molecule has 0 fully saturated rings. The zero-order valence-electron chi connectivity index (χ0n) is 45.3. The minimum absolute atomic E-state index is 0.0701. The van der Waals surface area contributed by atoms with Crippen LogP contribution >= 0.6 is 7.82 Å². The Morgan fingerprint density at radius 1 is 0.515 bits per heavy atom. The third-order valence-electron chi connectivity index (χ3n) is 12.8. The highest BCUT2D eigenvalue weighted by Gasteiger charge is 2.28. The molecule has 0 radical (unpaired) electrons. The van der Waals surface area contributed by atoms with Crippen LogP contribution in [-0.2, 0) is 18.4 Å². The first-order valence-corrected chi connectivity index (χ1v) is 30.1. The summed E-state index contributed by atoms with van der Waals surface area (Å²) in [5, 5.41) is 14.1. The summed E-state index contributed by atoms with van der Waals surface area (Å²) in [7, 11) is 1.61. The van der Waals surface area contributed by atoms with Crippen LogP contribution in [0.15, 0.2) is 60.8 Å². The van der Waals surface area contributed by atoms with Gasteiger partial charge in [-0.25, -0.2) is 4.57 Å². The maximum Gasteiger partial charge on any atom is 0.472 e. The molecule has 0 bridgehead atoms. The molecule has 3 atom stereocenters. The smallest absolute Gasteiger partial charge is 0.391 e. The topological polar surface area (TPSA) is 105 Å². The van der Waals surface area contributed by atoms with E-state index in [9.17, 15) is 19.4 Å². The van der Waals surface area contributed by atoms with E-state index in [1.54, 1.807) is 0 Å². The number of hydrogen-bond donors (Lipinski definition) is 3. The summed E-state index contributed by atoms with van der Waals surface area (Å²) in [6.07, 6.45) is 67.0. The van der Waals surface area contributed by atoms with Gasteiger partial charge in [-0.3, -0.25) is 13.8 Å². The molecule has 0 aromatic rings. The average Bonchev–Trinajstić information content (AvgIpc) is 3.30. The highest BCUT2D eigenvalue weighted by molar-refractivity contribution is 7.47. The van der Waals surface area contributed by atoms with Crippen molar-refractivity contribution in [1.82, 2.24) is 5.32 Å². The standard InChI is InChI=1S/C59H111N2O6P/c1-6-8-10-12-14-16-18-20-22-24-26-28-30-32-34-36-38-40-42-44-46-48-50-52-58(62)57(56-67-68(64,65)66-55-54-61(3,4)5)60-59(63)53-51-49-47-45-43-41-39-37-35-33-31-29-27-25-23-21-19-17-15-13-11-9-7-2/h9,11,15,17,21,23,27,29,33,35,57-58,62H,6-8,10,12-14,16,18-20,22,24-26,28,30-32,34,36-56H2,1-5H3,(H-,60,63,64,65)/p+1/b11-9-,17-15-,23-21-,29-27-,35-33-. The van der Waals surface area contributed by atoms with Gasteiger partial charge in [-0.1, -0.05) is 254 Å². The Labute approximate surface area is 422 Å². The van der Waals surface area contributed by atoms with Gasteiger partial charge >= 0.3 is 7.82 Å².